The predicted octanol–water partition coefficient (Wildman–Crippen LogP) is 0.570. The fourth-order valence-corrected chi connectivity index (χ4v) is 4.13. The largest absolute Gasteiger partial charge is 0.480 e. The molecular weight excluding hydrogens is 327 g/mol. The Labute approximate surface area is 133 Å². The predicted molar refractivity (Wildman–Crippen MR) is 78.6 cm³/mol. The Bertz CT molecular complexity index is 690. The lowest BCUT2D eigenvalue weighted by Gasteiger charge is -2.33. The number of nitrogens with one attached hydrogen (secondary N) is 1. The first-order chi connectivity index (χ1) is 10.8. The third-order valence-corrected chi connectivity index (χ3v) is 5.51. The summed E-state index contributed by atoms with van der Waals surface area (Å²) in [5.74, 6) is -2.40. The van der Waals surface area contributed by atoms with Gasteiger partial charge in [-0.2, -0.15) is 4.31 Å². The molecule has 0 bridgehead atoms. The van der Waals surface area contributed by atoms with Crippen LogP contribution in [0.3, 0.4) is 0 Å². The number of carboxylic acid groups (broad SMARTS) is 1. The highest BCUT2D eigenvalue weighted by molar-refractivity contribution is 7.89. The highest BCUT2D eigenvalue weighted by Crippen LogP contribution is 2.25. The number of sulfonamides is 1. The Kier molecular flexibility index (Phi) is 5.32. The molecule has 0 saturated carbocycles. The summed E-state index contributed by atoms with van der Waals surface area (Å²) in [5.41, 5.74) is 0. The van der Waals surface area contributed by atoms with Gasteiger partial charge in [-0.15, -0.1) is 0 Å². The average molecular weight is 344 g/mol. The van der Waals surface area contributed by atoms with Crippen molar-refractivity contribution in [2.75, 3.05) is 13.1 Å². The molecule has 1 amide bonds. The summed E-state index contributed by atoms with van der Waals surface area (Å²) in [5, 5.41) is 10.8. The first-order valence-electron chi connectivity index (χ1n) is 7.09. The lowest BCUT2D eigenvalue weighted by Crippen LogP contribution is -2.52. The number of hydrogen-bond donors (Lipinski definition) is 2. The number of rotatable bonds is 5. The molecule has 1 aliphatic rings. The van der Waals surface area contributed by atoms with Crippen molar-refractivity contribution in [2.24, 2.45) is 0 Å². The molecule has 7 nitrogen and oxygen atoms in total. The van der Waals surface area contributed by atoms with Crippen LogP contribution >= 0.6 is 0 Å². The Morgan fingerprint density at radius 1 is 1.26 bits per heavy atom. The van der Waals surface area contributed by atoms with Crippen LogP contribution in [-0.4, -0.2) is 48.8 Å². The zero-order valence-corrected chi connectivity index (χ0v) is 13.1. The fourth-order valence-electron chi connectivity index (χ4n) is 2.48. The van der Waals surface area contributed by atoms with Crippen LogP contribution in [0.5, 0.6) is 0 Å². The van der Waals surface area contributed by atoms with E-state index in [9.17, 15) is 22.4 Å². The van der Waals surface area contributed by atoms with Crippen molar-refractivity contribution < 1.29 is 27.5 Å². The van der Waals surface area contributed by atoms with Crippen LogP contribution in [0.1, 0.15) is 19.3 Å². The van der Waals surface area contributed by atoms with Gasteiger partial charge in [-0.05, 0) is 37.1 Å². The smallest absolute Gasteiger partial charge is 0.322 e. The van der Waals surface area contributed by atoms with Gasteiger partial charge in [0.1, 0.15) is 18.4 Å². The Morgan fingerprint density at radius 2 is 1.91 bits per heavy atom. The van der Waals surface area contributed by atoms with E-state index in [-0.39, 0.29) is 11.4 Å². The second kappa shape index (κ2) is 7.05. The Balaban J connectivity index is 2.24. The van der Waals surface area contributed by atoms with E-state index in [1.807, 2.05) is 0 Å². The van der Waals surface area contributed by atoms with E-state index in [1.54, 1.807) is 0 Å². The molecule has 1 saturated heterocycles. The van der Waals surface area contributed by atoms with Gasteiger partial charge in [0, 0.05) is 6.54 Å². The maximum atomic E-state index is 13.0. The fraction of sp³-hybridized carbons (Fsp3) is 0.429. The number of halogens is 1. The van der Waals surface area contributed by atoms with Crippen molar-refractivity contribution in [3.8, 4) is 0 Å². The monoisotopic (exact) mass is 344 g/mol. The first-order valence-corrected chi connectivity index (χ1v) is 8.53. The molecule has 1 atom stereocenters. The summed E-state index contributed by atoms with van der Waals surface area (Å²) in [6, 6.07) is 3.40. The zero-order valence-electron chi connectivity index (χ0n) is 12.2. The van der Waals surface area contributed by atoms with Crippen molar-refractivity contribution >= 4 is 21.9 Å². The van der Waals surface area contributed by atoms with Crippen molar-refractivity contribution in [3.05, 3.63) is 30.1 Å². The number of carbonyl (C=O) groups excluding carboxylic acids is 1. The summed E-state index contributed by atoms with van der Waals surface area (Å²) in [7, 11) is -3.95. The number of nitrogens with zero attached hydrogens (tertiary/aromatic N) is 1. The summed E-state index contributed by atoms with van der Waals surface area (Å²) >= 11 is 0. The summed E-state index contributed by atoms with van der Waals surface area (Å²) in [4.78, 5) is 22.5. The van der Waals surface area contributed by atoms with Crippen molar-refractivity contribution in [1.29, 1.82) is 0 Å². The molecule has 1 fully saturated rings. The van der Waals surface area contributed by atoms with Gasteiger partial charge >= 0.3 is 5.97 Å². The molecule has 0 aliphatic carbocycles. The number of carboxylic acids is 1. The van der Waals surface area contributed by atoms with E-state index >= 15 is 0 Å². The third kappa shape index (κ3) is 4.05. The standard InChI is InChI=1S/C14H17FN2O5S/c15-10-4-6-11(7-5-10)23(21,22)17-8-2-1-3-12(17)14(20)16-9-13(18)19/h4-7,12H,1-3,8-9H2,(H,16,20)(H,18,19)/t12-/m0/s1. The molecule has 126 valence electrons. The number of carbonyl (C=O) groups is 2. The van der Waals surface area contributed by atoms with Crippen LogP contribution < -0.4 is 5.32 Å². The average Bonchev–Trinajstić information content (AvgIpc) is 2.53. The maximum absolute atomic E-state index is 13.0. The van der Waals surface area contributed by atoms with Gasteiger partial charge in [0.05, 0.1) is 4.90 Å². The second-order valence-electron chi connectivity index (χ2n) is 5.19. The van der Waals surface area contributed by atoms with E-state index in [0.717, 1.165) is 28.6 Å². The molecule has 0 spiro atoms. The SMILES string of the molecule is O=C(O)CNC(=O)[C@@H]1CCCCN1S(=O)(=O)c1ccc(F)cc1. The number of hydrogen-bond acceptors (Lipinski definition) is 4. The van der Waals surface area contributed by atoms with Gasteiger partial charge in [-0.3, -0.25) is 9.59 Å². The Morgan fingerprint density at radius 3 is 2.52 bits per heavy atom. The molecule has 0 radical (unpaired) electrons. The number of aliphatic carboxylic acids is 1. The van der Waals surface area contributed by atoms with Crippen LogP contribution in [0.15, 0.2) is 29.2 Å². The highest BCUT2D eigenvalue weighted by atomic mass is 32.2. The normalized spacial score (nSPS) is 19.3. The van der Waals surface area contributed by atoms with E-state index in [4.69, 9.17) is 5.11 Å². The van der Waals surface area contributed by atoms with E-state index < -0.39 is 40.3 Å². The van der Waals surface area contributed by atoms with Crippen LogP contribution in [0.4, 0.5) is 4.39 Å². The van der Waals surface area contributed by atoms with Crippen LogP contribution in [0, 0.1) is 5.82 Å². The molecule has 2 rings (SSSR count). The molecule has 0 unspecified atom stereocenters. The molecule has 1 aliphatic heterocycles. The van der Waals surface area contributed by atoms with E-state index in [2.05, 4.69) is 5.32 Å². The number of piperidine rings is 1. The first kappa shape index (κ1) is 17.4. The molecule has 1 aromatic carbocycles. The lowest BCUT2D eigenvalue weighted by atomic mass is 10.0. The maximum Gasteiger partial charge on any atom is 0.322 e. The van der Waals surface area contributed by atoms with E-state index in [1.165, 1.54) is 0 Å². The molecule has 0 aromatic heterocycles. The minimum Gasteiger partial charge on any atom is -0.480 e. The number of amides is 1. The second-order valence-corrected chi connectivity index (χ2v) is 7.08. The van der Waals surface area contributed by atoms with Gasteiger partial charge in [-0.1, -0.05) is 6.42 Å². The van der Waals surface area contributed by atoms with Gasteiger partial charge < -0.3 is 10.4 Å². The van der Waals surface area contributed by atoms with Gasteiger partial charge in [0.25, 0.3) is 0 Å². The lowest BCUT2D eigenvalue weighted by molar-refractivity contribution is -0.138. The minimum atomic E-state index is -3.95. The molecule has 2 N–H and O–H groups in total. The molecule has 9 heteroatoms. The molecular formula is C14H17FN2O5S. The van der Waals surface area contributed by atoms with Crippen molar-refractivity contribution in [2.45, 2.75) is 30.2 Å². The van der Waals surface area contributed by atoms with Crippen LogP contribution in [0.2, 0.25) is 0 Å². The topological polar surface area (TPSA) is 104 Å². The quantitative estimate of drug-likeness (QED) is 0.813. The highest BCUT2D eigenvalue weighted by Gasteiger charge is 2.37. The van der Waals surface area contributed by atoms with Gasteiger partial charge in [0.15, 0.2) is 0 Å². The van der Waals surface area contributed by atoms with E-state index in [0.29, 0.717) is 19.3 Å². The third-order valence-electron chi connectivity index (χ3n) is 3.59. The summed E-state index contributed by atoms with van der Waals surface area (Å²) < 4.78 is 39.3. The summed E-state index contributed by atoms with van der Waals surface area (Å²) in [6.45, 7) is -0.412. The van der Waals surface area contributed by atoms with Crippen LogP contribution in [-0.2, 0) is 19.6 Å². The number of benzene rings is 1. The Hall–Kier alpha value is -2.00. The summed E-state index contributed by atoms with van der Waals surface area (Å²) in [6.07, 6.45) is 1.58. The van der Waals surface area contributed by atoms with Gasteiger partial charge in [0.2, 0.25) is 15.9 Å². The zero-order chi connectivity index (χ0) is 17.0. The molecule has 1 aromatic rings. The minimum absolute atomic E-state index is 0.100. The molecule has 1 heterocycles. The van der Waals surface area contributed by atoms with Crippen molar-refractivity contribution in [3.63, 3.8) is 0 Å². The molecule has 23 heavy (non-hydrogen) atoms. The van der Waals surface area contributed by atoms with Crippen LogP contribution in [0.25, 0.3) is 0 Å². The van der Waals surface area contributed by atoms with Crippen molar-refractivity contribution in [1.82, 2.24) is 9.62 Å². The van der Waals surface area contributed by atoms with Gasteiger partial charge in [-0.25, -0.2) is 12.8 Å².